The number of rotatable bonds is 3. The van der Waals surface area contributed by atoms with Crippen molar-refractivity contribution in [1.29, 1.82) is 0 Å². The van der Waals surface area contributed by atoms with Crippen LogP contribution in [0.2, 0.25) is 0 Å². The lowest BCUT2D eigenvalue weighted by atomic mass is 10.2. The van der Waals surface area contributed by atoms with E-state index in [1.165, 1.54) is 24.9 Å². The number of fused-ring (bicyclic) bond motifs is 1. The van der Waals surface area contributed by atoms with E-state index in [1.54, 1.807) is 12.1 Å². The number of carbonyl (C=O) groups is 3. The van der Waals surface area contributed by atoms with Crippen LogP contribution in [-0.4, -0.2) is 43.8 Å². The van der Waals surface area contributed by atoms with Crippen molar-refractivity contribution in [3.63, 3.8) is 0 Å². The Morgan fingerprint density at radius 2 is 1.70 bits per heavy atom. The fourth-order valence-electron chi connectivity index (χ4n) is 2.81. The van der Waals surface area contributed by atoms with Gasteiger partial charge in [-0.15, -0.1) is 0 Å². The lowest BCUT2D eigenvalue weighted by Crippen LogP contribution is -2.42. The highest BCUT2D eigenvalue weighted by molar-refractivity contribution is 6.15. The molecule has 10 nitrogen and oxygen atoms in total. The summed E-state index contributed by atoms with van der Waals surface area (Å²) in [6, 6.07) is 3.22. The number of carbonyl (C=O) groups excluding carboxylic acids is 3. The standard InChI is InChI=1S/C17H16N2O8/c1-17(2)26-14(20)9(15(21)27-17)7-18-10-5-12-13(25-8-24-12)6-11(10)19-3-4-23-16(19)22/h5-7,18H,3-4,8H2,1-2H3. The van der Waals surface area contributed by atoms with E-state index in [0.717, 1.165) is 0 Å². The topological polar surface area (TPSA) is 113 Å². The Hall–Kier alpha value is -3.43. The van der Waals surface area contributed by atoms with Gasteiger partial charge in [0.15, 0.2) is 17.1 Å². The highest BCUT2D eigenvalue weighted by Gasteiger charge is 2.39. The number of esters is 2. The molecule has 142 valence electrons. The summed E-state index contributed by atoms with van der Waals surface area (Å²) < 4.78 is 25.8. The van der Waals surface area contributed by atoms with Gasteiger partial charge in [0.25, 0.3) is 5.79 Å². The molecule has 2 fully saturated rings. The van der Waals surface area contributed by atoms with Gasteiger partial charge in [0.1, 0.15) is 6.61 Å². The quantitative estimate of drug-likeness (QED) is 0.476. The van der Waals surface area contributed by atoms with E-state index in [0.29, 0.717) is 29.4 Å². The largest absolute Gasteiger partial charge is 0.454 e. The highest BCUT2D eigenvalue weighted by atomic mass is 16.7. The molecule has 3 aliphatic rings. The van der Waals surface area contributed by atoms with Crippen molar-refractivity contribution in [1.82, 2.24) is 0 Å². The minimum absolute atomic E-state index is 0.0531. The Morgan fingerprint density at radius 3 is 2.33 bits per heavy atom. The van der Waals surface area contributed by atoms with Crippen LogP contribution < -0.4 is 19.7 Å². The highest BCUT2D eigenvalue weighted by Crippen LogP contribution is 2.42. The van der Waals surface area contributed by atoms with Gasteiger partial charge in [0.05, 0.1) is 17.9 Å². The summed E-state index contributed by atoms with van der Waals surface area (Å²) >= 11 is 0. The Kier molecular flexibility index (Phi) is 3.83. The summed E-state index contributed by atoms with van der Waals surface area (Å²) in [6.45, 7) is 3.57. The summed E-state index contributed by atoms with van der Waals surface area (Å²) in [5.41, 5.74) is 0.564. The lowest BCUT2D eigenvalue weighted by molar-refractivity contribution is -0.222. The normalized spacial score (nSPS) is 20.1. The molecule has 1 aromatic rings. The number of amides is 1. The van der Waals surface area contributed by atoms with Crippen LogP contribution in [0.25, 0.3) is 0 Å². The summed E-state index contributed by atoms with van der Waals surface area (Å²) in [5.74, 6) is -2.02. The van der Waals surface area contributed by atoms with Gasteiger partial charge in [0, 0.05) is 32.2 Å². The Bertz CT molecular complexity index is 854. The molecule has 0 aliphatic carbocycles. The van der Waals surface area contributed by atoms with E-state index in [-0.39, 0.29) is 19.0 Å². The van der Waals surface area contributed by atoms with Crippen LogP contribution >= 0.6 is 0 Å². The van der Waals surface area contributed by atoms with E-state index in [9.17, 15) is 14.4 Å². The number of ether oxygens (including phenoxy) is 5. The van der Waals surface area contributed by atoms with Gasteiger partial charge >= 0.3 is 18.0 Å². The first-order chi connectivity index (χ1) is 12.8. The second-order valence-corrected chi connectivity index (χ2v) is 6.37. The zero-order chi connectivity index (χ0) is 19.2. The van der Waals surface area contributed by atoms with Crippen LogP contribution in [0.3, 0.4) is 0 Å². The molecule has 0 aromatic heterocycles. The van der Waals surface area contributed by atoms with E-state index >= 15 is 0 Å². The number of anilines is 2. The van der Waals surface area contributed by atoms with Crippen molar-refractivity contribution >= 4 is 29.4 Å². The zero-order valence-corrected chi connectivity index (χ0v) is 14.6. The minimum Gasteiger partial charge on any atom is -0.454 e. The van der Waals surface area contributed by atoms with E-state index in [2.05, 4.69) is 5.32 Å². The van der Waals surface area contributed by atoms with Crippen molar-refractivity contribution in [2.24, 2.45) is 0 Å². The zero-order valence-electron chi connectivity index (χ0n) is 14.6. The van der Waals surface area contributed by atoms with Crippen molar-refractivity contribution < 1.29 is 38.1 Å². The van der Waals surface area contributed by atoms with Crippen LogP contribution in [0.1, 0.15) is 13.8 Å². The van der Waals surface area contributed by atoms with Crippen molar-refractivity contribution in [2.45, 2.75) is 19.6 Å². The van der Waals surface area contributed by atoms with Gasteiger partial charge < -0.3 is 29.0 Å². The predicted octanol–water partition coefficient (Wildman–Crippen LogP) is 1.50. The third-order valence-electron chi connectivity index (χ3n) is 4.03. The molecule has 10 heteroatoms. The van der Waals surface area contributed by atoms with E-state index < -0.39 is 23.8 Å². The van der Waals surface area contributed by atoms with Crippen LogP contribution in [-0.2, 0) is 23.8 Å². The van der Waals surface area contributed by atoms with Gasteiger partial charge in [-0.05, 0) is 0 Å². The van der Waals surface area contributed by atoms with E-state index in [1.807, 2.05) is 0 Å². The lowest BCUT2D eigenvalue weighted by Gasteiger charge is -2.29. The predicted molar refractivity (Wildman–Crippen MR) is 89.2 cm³/mol. The fourth-order valence-corrected chi connectivity index (χ4v) is 2.81. The number of hydrogen-bond acceptors (Lipinski definition) is 9. The van der Waals surface area contributed by atoms with Gasteiger partial charge in [-0.2, -0.15) is 0 Å². The molecular weight excluding hydrogens is 360 g/mol. The Balaban J connectivity index is 1.66. The third kappa shape index (κ3) is 3.09. The van der Waals surface area contributed by atoms with Crippen LogP contribution in [0.15, 0.2) is 23.9 Å². The molecule has 1 N–H and O–H groups in total. The molecule has 3 heterocycles. The molecule has 0 saturated carbocycles. The van der Waals surface area contributed by atoms with Crippen molar-refractivity contribution in [3.8, 4) is 11.5 Å². The molecule has 3 aliphatic heterocycles. The summed E-state index contributed by atoms with van der Waals surface area (Å²) in [7, 11) is 0. The van der Waals surface area contributed by atoms with Gasteiger partial charge in [0.2, 0.25) is 6.79 Å². The second-order valence-electron chi connectivity index (χ2n) is 6.37. The van der Waals surface area contributed by atoms with Crippen LogP contribution in [0, 0.1) is 0 Å². The molecule has 0 bridgehead atoms. The molecule has 0 atom stereocenters. The first-order valence-corrected chi connectivity index (χ1v) is 8.15. The smallest absolute Gasteiger partial charge is 0.414 e. The summed E-state index contributed by atoms with van der Waals surface area (Å²) in [4.78, 5) is 37.5. The number of nitrogens with zero attached hydrogens (tertiary/aromatic N) is 1. The average Bonchev–Trinajstić information content (AvgIpc) is 3.20. The van der Waals surface area contributed by atoms with Gasteiger partial charge in [-0.1, -0.05) is 0 Å². The minimum atomic E-state index is -1.32. The summed E-state index contributed by atoms with van der Waals surface area (Å²) in [6.07, 6.45) is 0.658. The maximum absolute atomic E-state index is 12.1. The molecule has 0 radical (unpaired) electrons. The Morgan fingerprint density at radius 1 is 1.04 bits per heavy atom. The van der Waals surface area contributed by atoms with Crippen molar-refractivity contribution in [3.05, 3.63) is 23.9 Å². The van der Waals surface area contributed by atoms with Gasteiger partial charge in [-0.3, -0.25) is 4.90 Å². The molecule has 0 unspecified atom stereocenters. The van der Waals surface area contributed by atoms with Gasteiger partial charge in [-0.25, -0.2) is 14.4 Å². The van der Waals surface area contributed by atoms with Crippen LogP contribution in [0.4, 0.5) is 16.2 Å². The Labute approximate surface area is 153 Å². The monoisotopic (exact) mass is 376 g/mol. The fraction of sp³-hybridized carbons (Fsp3) is 0.353. The molecule has 1 amide bonds. The number of cyclic esters (lactones) is 3. The maximum Gasteiger partial charge on any atom is 0.414 e. The molecule has 27 heavy (non-hydrogen) atoms. The number of hydrogen-bond donors (Lipinski definition) is 1. The number of benzene rings is 1. The third-order valence-corrected chi connectivity index (χ3v) is 4.03. The average molecular weight is 376 g/mol. The molecule has 4 rings (SSSR count). The molecule has 0 spiro atoms. The molecule has 2 saturated heterocycles. The van der Waals surface area contributed by atoms with Crippen molar-refractivity contribution in [2.75, 3.05) is 30.2 Å². The molecule has 1 aromatic carbocycles. The van der Waals surface area contributed by atoms with Crippen LogP contribution in [0.5, 0.6) is 11.5 Å². The SMILES string of the molecule is CC1(C)OC(=O)C(=CNc2cc3c(cc2N2CCOC2=O)OCO3)C(=O)O1. The summed E-state index contributed by atoms with van der Waals surface area (Å²) in [5, 5.41) is 2.85. The first kappa shape index (κ1) is 17.0. The second kappa shape index (κ2) is 6.08. The maximum atomic E-state index is 12.1. The number of nitrogens with one attached hydrogen (secondary N) is 1. The first-order valence-electron chi connectivity index (χ1n) is 8.15. The van der Waals surface area contributed by atoms with E-state index in [4.69, 9.17) is 23.7 Å². The molecular formula is C17H16N2O8.